The number of fused-ring (bicyclic) bond motifs is 3. The molecule has 0 radical (unpaired) electrons. The highest BCUT2D eigenvalue weighted by Crippen LogP contribution is 2.38. The lowest BCUT2D eigenvalue weighted by molar-refractivity contribution is 0.296. The largest absolute Gasteiger partial charge is 0.493 e. The molecule has 0 saturated carbocycles. The molecule has 10 heteroatoms. The summed E-state index contributed by atoms with van der Waals surface area (Å²) in [5.74, 6) is 3.07. The lowest BCUT2D eigenvalue weighted by Crippen LogP contribution is -2.11. The molecule has 1 heterocycles. The molecule has 0 unspecified atom stereocenters. The summed E-state index contributed by atoms with van der Waals surface area (Å²) in [6.45, 7) is 6.27. The smallest absolute Gasteiger partial charge is 0.123 e. The van der Waals surface area contributed by atoms with Crippen LogP contribution < -0.4 is 47.2 Å². The lowest BCUT2D eigenvalue weighted by atomic mass is 10.0. The SMILES string of the molecule is CNCCCOc1cc(OCCCN)cc(-c2ccc3c4ccc(-c5cc(OCCCN)cc(OCCCN)c5)cc4n(CCCN)c3c2)c1. The Morgan fingerprint density at radius 2 is 0.880 bits per heavy atom. The second-order valence-electron chi connectivity index (χ2n) is 12.4. The van der Waals surface area contributed by atoms with E-state index in [-0.39, 0.29) is 0 Å². The summed E-state index contributed by atoms with van der Waals surface area (Å²) in [6, 6.07) is 25.5. The third-order valence-corrected chi connectivity index (χ3v) is 8.57. The maximum Gasteiger partial charge on any atom is 0.123 e. The number of aryl methyl sites for hydroxylation is 1. The molecule has 50 heavy (non-hydrogen) atoms. The summed E-state index contributed by atoms with van der Waals surface area (Å²) < 4.78 is 26.8. The number of nitrogens with zero attached hydrogens (tertiary/aromatic N) is 1. The second kappa shape index (κ2) is 19.2. The van der Waals surface area contributed by atoms with Gasteiger partial charge in [-0.05, 0) is 131 Å². The van der Waals surface area contributed by atoms with Gasteiger partial charge in [0, 0.05) is 40.5 Å². The lowest BCUT2D eigenvalue weighted by Gasteiger charge is -2.14. The number of nitrogens with two attached hydrogens (primary N) is 4. The van der Waals surface area contributed by atoms with Gasteiger partial charge in [0.15, 0.2) is 0 Å². The molecule has 0 aliphatic heterocycles. The van der Waals surface area contributed by atoms with Crippen molar-refractivity contribution in [3.05, 3.63) is 72.8 Å². The maximum absolute atomic E-state index is 6.16. The van der Waals surface area contributed by atoms with Gasteiger partial charge in [0.2, 0.25) is 0 Å². The third kappa shape index (κ3) is 9.68. The number of rotatable bonds is 22. The van der Waals surface area contributed by atoms with Crippen molar-refractivity contribution in [1.29, 1.82) is 0 Å². The molecule has 0 bridgehead atoms. The van der Waals surface area contributed by atoms with Crippen LogP contribution in [0.3, 0.4) is 0 Å². The highest BCUT2D eigenvalue weighted by atomic mass is 16.5. The first-order chi connectivity index (χ1) is 24.6. The highest BCUT2D eigenvalue weighted by Gasteiger charge is 2.15. The molecular formula is C40H54N6O4. The van der Waals surface area contributed by atoms with Crippen molar-refractivity contribution in [1.82, 2.24) is 9.88 Å². The number of ether oxygens (including phenoxy) is 4. The van der Waals surface area contributed by atoms with E-state index in [1.807, 2.05) is 19.2 Å². The first-order valence-electron chi connectivity index (χ1n) is 17.9. The van der Waals surface area contributed by atoms with E-state index in [1.165, 1.54) is 10.8 Å². The van der Waals surface area contributed by atoms with Gasteiger partial charge in [-0.1, -0.05) is 24.3 Å². The quantitative estimate of drug-likeness (QED) is 0.0582. The highest BCUT2D eigenvalue weighted by molar-refractivity contribution is 6.10. The molecule has 0 fully saturated rings. The zero-order chi connectivity index (χ0) is 35.1. The molecule has 0 aliphatic carbocycles. The molecule has 0 spiro atoms. The van der Waals surface area contributed by atoms with Crippen LogP contribution in [0.2, 0.25) is 0 Å². The summed E-state index contributed by atoms with van der Waals surface area (Å²) in [6.07, 6.45) is 4.10. The van der Waals surface area contributed by atoms with Crippen molar-refractivity contribution in [2.75, 3.05) is 66.2 Å². The summed E-state index contributed by atoms with van der Waals surface area (Å²) in [5, 5.41) is 5.56. The minimum absolute atomic E-state index is 0.545. The standard InChI is InChI=1S/C40H54N6O4/c1-45-15-6-20-50-36-24-32(23-35(28-36)49-19-5-14-44)30-8-10-38-37-9-7-29(25-39(37)46(16-2-11-41)40(38)26-30)31-21-33(47-17-3-12-42)27-34(22-31)48-18-4-13-43/h7-10,21-28,45H,2-6,11-20,41-44H2,1H3. The van der Waals surface area contributed by atoms with Gasteiger partial charge in [0.1, 0.15) is 23.0 Å². The van der Waals surface area contributed by atoms with Gasteiger partial charge in [-0.25, -0.2) is 0 Å². The number of hydrogen-bond acceptors (Lipinski definition) is 9. The van der Waals surface area contributed by atoms with E-state index in [9.17, 15) is 0 Å². The molecule has 5 rings (SSSR count). The van der Waals surface area contributed by atoms with E-state index in [0.29, 0.717) is 52.6 Å². The average molecular weight is 683 g/mol. The second-order valence-corrected chi connectivity index (χ2v) is 12.4. The Labute approximate surface area is 296 Å². The monoisotopic (exact) mass is 682 g/mol. The summed E-state index contributed by atoms with van der Waals surface area (Å²) >= 11 is 0. The van der Waals surface area contributed by atoms with Crippen LogP contribution in [0.15, 0.2) is 72.8 Å². The van der Waals surface area contributed by atoms with Crippen molar-refractivity contribution in [2.24, 2.45) is 22.9 Å². The van der Waals surface area contributed by atoms with Gasteiger partial charge in [0.25, 0.3) is 0 Å². The predicted octanol–water partition coefficient (Wildman–Crippen LogP) is 5.65. The minimum atomic E-state index is 0.545. The fourth-order valence-electron chi connectivity index (χ4n) is 6.01. The van der Waals surface area contributed by atoms with Crippen molar-refractivity contribution in [2.45, 2.75) is 38.6 Å². The molecule has 10 nitrogen and oxygen atoms in total. The Hall–Kier alpha value is -4.32. The molecule has 268 valence electrons. The molecule has 0 amide bonds. The molecular weight excluding hydrogens is 628 g/mol. The van der Waals surface area contributed by atoms with E-state index in [2.05, 4.69) is 70.5 Å². The van der Waals surface area contributed by atoms with Crippen molar-refractivity contribution in [3.8, 4) is 45.3 Å². The van der Waals surface area contributed by atoms with Crippen LogP contribution in [0.5, 0.6) is 23.0 Å². The summed E-state index contributed by atoms with van der Waals surface area (Å²) in [5.41, 5.74) is 29.7. The Kier molecular flexibility index (Phi) is 14.2. The van der Waals surface area contributed by atoms with Gasteiger partial charge in [0.05, 0.1) is 26.4 Å². The van der Waals surface area contributed by atoms with Gasteiger partial charge in [-0.3, -0.25) is 0 Å². The molecule has 9 N–H and O–H groups in total. The Balaban J connectivity index is 1.56. The Morgan fingerprint density at radius 1 is 0.480 bits per heavy atom. The summed E-state index contributed by atoms with van der Waals surface area (Å²) in [7, 11) is 1.95. The predicted molar refractivity (Wildman–Crippen MR) is 206 cm³/mol. The van der Waals surface area contributed by atoms with E-state index < -0.39 is 0 Å². The van der Waals surface area contributed by atoms with E-state index in [0.717, 1.165) is 101 Å². The number of hydrogen-bond donors (Lipinski definition) is 5. The van der Waals surface area contributed by atoms with Crippen LogP contribution in [0.25, 0.3) is 44.1 Å². The number of aromatic nitrogens is 1. The van der Waals surface area contributed by atoms with Crippen molar-refractivity contribution in [3.63, 3.8) is 0 Å². The summed E-state index contributed by atoms with van der Waals surface area (Å²) in [4.78, 5) is 0. The zero-order valence-corrected chi connectivity index (χ0v) is 29.4. The van der Waals surface area contributed by atoms with Gasteiger partial charge in [-0.2, -0.15) is 0 Å². The molecule has 0 aliphatic rings. The minimum Gasteiger partial charge on any atom is -0.493 e. The van der Waals surface area contributed by atoms with Crippen LogP contribution in [0.1, 0.15) is 32.1 Å². The third-order valence-electron chi connectivity index (χ3n) is 8.57. The topological polar surface area (TPSA) is 158 Å². The van der Waals surface area contributed by atoms with Crippen LogP contribution in [-0.4, -0.2) is 70.8 Å². The van der Waals surface area contributed by atoms with Gasteiger partial charge >= 0.3 is 0 Å². The fraction of sp³-hybridized carbons (Fsp3) is 0.400. The Bertz CT molecular complexity index is 1780. The van der Waals surface area contributed by atoms with Crippen molar-refractivity contribution < 1.29 is 18.9 Å². The molecule has 4 aromatic carbocycles. The van der Waals surface area contributed by atoms with Crippen LogP contribution in [0, 0.1) is 0 Å². The first-order valence-corrected chi connectivity index (χ1v) is 17.9. The van der Waals surface area contributed by atoms with Crippen LogP contribution >= 0.6 is 0 Å². The number of benzene rings is 4. The molecule has 0 saturated heterocycles. The van der Waals surface area contributed by atoms with E-state index >= 15 is 0 Å². The normalized spacial score (nSPS) is 11.4. The van der Waals surface area contributed by atoms with Crippen LogP contribution in [-0.2, 0) is 6.54 Å². The van der Waals surface area contributed by atoms with Crippen LogP contribution in [0.4, 0.5) is 0 Å². The number of nitrogens with one attached hydrogen (secondary N) is 1. The maximum atomic E-state index is 6.16. The molecule has 0 atom stereocenters. The van der Waals surface area contributed by atoms with Gasteiger partial charge in [-0.15, -0.1) is 0 Å². The van der Waals surface area contributed by atoms with E-state index in [1.54, 1.807) is 0 Å². The fourth-order valence-corrected chi connectivity index (χ4v) is 6.01. The zero-order valence-electron chi connectivity index (χ0n) is 29.4. The van der Waals surface area contributed by atoms with E-state index in [4.69, 9.17) is 41.9 Å². The molecule has 1 aromatic heterocycles. The average Bonchev–Trinajstić information content (AvgIpc) is 3.44. The van der Waals surface area contributed by atoms with Gasteiger partial charge < -0.3 is 51.8 Å². The first kappa shape index (κ1) is 36.9. The molecule has 5 aromatic rings. The Morgan fingerprint density at radius 3 is 1.26 bits per heavy atom. The van der Waals surface area contributed by atoms with Crippen molar-refractivity contribution >= 4 is 21.8 Å².